The zero-order valence-corrected chi connectivity index (χ0v) is 24.4. The van der Waals surface area contributed by atoms with Crippen LogP contribution in [0.4, 0.5) is 0 Å². The fourth-order valence-electron chi connectivity index (χ4n) is 6.07. The normalized spacial score (nSPS) is 17.6. The van der Waals surface area contributed by atoms with E-state index in [1.807, 2.05) is 36.4 Å². The molecule has 2 heterocycles. The Bertz CT molecular complexity index is 1680. The van der Waals surface area contributed by atoms with E-state index < -0.39 is 0 Å². The van der Waals surface area contributed by atoms with Gasteiger partial charge in [0.1, 0.15) is 5.82 Å². The average Bonchev–Trinajstić information content (AvgIpc) is 3.30. The van der Waals surface area contributed by atoms with Crippen LogP contribution in [0.15, 0.2) is 106 Å². The van der Waals surface area contributed by atoms with Gasteiger partial charge in [-0.3, -0.25) is 0 Å². The largest absolute Gasteiger partial charge is 0.337 e. The van der Waals surface area contributed by atoms with Crippen LogP contribution < -0.4 is 0 Å². The molecule has 1 fully saturated rings. The second-order valence-corrected chi connectivity index (χ2v) is 12.1. The molecule has 0 spiro atoms. The molecule has 1 aliphatic carbocycles. The summed E-state index contributed by atoms with van der Waals surface area (Å²) in [4.78, 5) is 15.2. The monoisotopic (exact) mass is 636 g/mol. The van der Waals surface area contributed by atoms with Crippen molar-refractivity contribution in [2.45, 2.75) is 37.6 Å². The van der Waals surface area contributed by atoms with Crippen LogP contribution in [0.25, 0.3) is 44.6 Å². The molecule has 0 saturated heterocycles. The Morgan fingerprint density at radius 1 is 0.590 bits per heavy atom. The van der Waals surface area contributed by atoms with Crippen molar-refractivity contribution in [3.05, 3.63) is 112 Å². The first kappa shape index (κ1) is 24.7. The number of benzene rings is 4. The average molecular weight is 638 g/mol. The third kappa shape index (κ3) is 4.60. The summed E-state index contributed by atoms with van der Waals surface area (Å²) < 4.78 is 4.74. The third-order valence-corrected chi connectivity index (χ3v) is 8.82. The minimum absolute atomic E-state index is 0.178. The molecule has 0 aliphatic heterocycles. The van der Waals surface area contributed by atoms with Gasteiger partial charge in [-0.2, -0.15) is 0 Å². The minimum Gasteiger partial charge on any atom is -0.337 e. The first-order chi connectivity index (χ1) is 19.2. The summed E-state index contributed by atoms with van der Waals surface area (Å²) in [6, 6.07) is 34.0. The SMILES string of the molecule is Brc1ccc2c(c1)c1cc(Br)ccc1n2C1CCCCC1c1nc(-c2ccccc2)nc(-c2ccccc2)n1. The topological polar surface area (TPSA) is 43.6 Å². The Morgan fingerprint density at radius 2 is 1.10 bits per heavy atom. The summed E-state index contributed by atoms with van der Waals surface area (Å²) in [7, 11) is 0. The van der Waals surface area contributed by atoms with Gasteiger partial charge in [-0.15, -0.1) is 0 Å². The Balaban J connectivity index is 1.43. The Labute approximate surface area is 244 Å². The maximum Gasteiger partial charge on any atom is 0.163 e. The summed E-state index contributed by atoms with van der Waals surface area (Å²) in [5, 5.41) is 2.52. The molecule has 0 N–H and O–H groups in total. The Hall–Kier alpha value is -3.35. The number of fused-ring (bicyclic) bond motifs is 3. The molecule has 2 atom stereocenters. The van der Waals surface area contributed by atoms with Crippen molar-refractivity contribution >= 4 is 53.7 Å². The molecule has 1 saturated carbocycles. The van der Waals surface area contributed by atoms with Crippen LogP contribution in [0.2, 0.25) is 0 Å². The highest BCUT2D eigenvalue weighted by Gasteiger charge is 2.33. The molecule has 0 amide bonds. The molecule has 2 aromatic heterocycles. The third-order valence-electron chi connectivity index (χ3n) is 7.84. The predicted octanol–water partition coefficient (Wildman–Crippen LogP) is 9.74. The molecule has 0 bridgehead atoms. The number of rotatable bonds is 4. The first-order valence-electron chi connectivity index (χ1n) is 13.4. The van der Waals surface area contributed by atoms with Crippen molar-refractivity contribution in [3.8, 4) is 22.8 Å². The van der Waals surface area contributed by atoms with Gasteiger partial charge in [-0.1, -0.05) is 105 Å². The zero-order valence-electron chi connectivity index (χ0n) is 21.3. The maximum absolute atomic E-state index is 5.15. The van der Waals surface area contributed by atoms with Gasteiger partial charge >= 0.3 is 0 Å². The number of hydrogen-bond acceptors (Lipinski definition) is 3. The van der Waals surface area contributed by atoms with Gasteiger partial charge in [-0.25, -0.2) is 15.0 Å². The van der Waals surface area contributed by atoms with E-state index in [9.17, 15) is 0 Å². The van der Waals surface area contributed by atoms with Gasteiger partial charge < -0.3 is 4.57 Å². The molecule has 2 unspecified atom stereocenters. The van der Waals surface area contributed by atoms with E-state index in [1.165, 1.54) is 34.6 Å². The van der Waals surface area contributed by atoms with Crippen LogP contribution in [0.1, 0.15) is 43.5 Å². The molecule has 39 heavy (non-hydrogen) atoms. The number of halogens is 2. The van der Waals surface area contributed by atoms with Gasteiger partial charge in [0, 0.05) is 53.8 Å². The van der Waals surface area contributed by atoms with E-state index in [4.69, 9.17) is 15.0 Å². The van der Waals surface area contributed by atoms with Crippen LogP contribution in [-0.4, -0.2) is 19.5 Å². The highest BCUT2D eigenvalue weighted by atomic mass is 79.9. The maximum atomic E-state index is 5.15. The van der Waals surface area contributed by atoms with Crippen molar-refractivity contribution in [2.75, 3.05) is 0 Å². The Kier molecular flexibility index (Phi) is 6.53. The van der Waals surface area contributed by atoms with Crippen LogP contribution in [-0.2, 0) is 0 Å². The molecular formula is C33H26Br2N4. The molecule has 4 aromatic carbocycles. The lowest BCUT2D eigenvalue weighted by Gasteiger charge is -2.33. The second-order valence-electron chi connectivity index (χ2n) is 10.2. The fourth-order valence-corrected chi connectivity index (χ4v) is 6.79. The Morgan fingerprint density at radius 3 is 1.64 bits per heavy atom. The number of aromatic nitrogens is 4. The predicted molar refractivity (Wildman–Crippen MR) is 166 cm³/mol. The fraction of sp³-hybridized carbons (Fsp3) is 0.182. The lowest BCUT2D eigenvalue weighted by molar-refractivity contribution is 0.307. The van der Waals surface area contributed by atoms with Crippen LogP contribution in [0, 0.1) is 0 Å². The van der Waals surface area contributed by atoms with Gasteiger partial charge in [0.05, 0.1) is 0 Å². The minimum atomic E-state index is 0.178. The molecule has 192 valence electrons. The highest BCUT2D eigenvalue weighted by molar-refractivity contribution is 9.10. The van der Waals surface area contributed by atoms with Gasteiger partial charge in [0.2, 0.25) is 0 Å². The lowest BCUT2D eigenvalue weighted by atomic mass is 9.83. The van der Waals surface area contributed by atoms with E-state index in [1.54, 1.807) is 0 Å². The van der Waals surface area contributed by atoms with Crippen molar-refractivity contribution in [1.82, 2.24) is 19.5 Å². The molecule has 4 nitrogen and oxygen atoms in total. The molecule has 0 radical (unpaired) electrons. The highest BCUT2D eigenvalue weighted by Crippen LogP contribution is 2.45. The lowest BCUT2D eigenvalue weighted by Crippen LogP contribution is -2.24. The second kappa shape index (κ2) is 10.3. The van der Waals surface area contributed by atoms with Crippen molar-refractivity contribution in [1.29, 1.82) is 0 Å². The number of nitrogens with zero attached hydrogens (tertiary/aromatic N) is 4. The summed E-state index contributed by atoms with van der Waals surface area (Å²) in [6.07, 6.45) is 4.49. The summed E-state index contributed by atoms with van der Waals surface area (Å²) in [6.45, 7) is 0. The first-order valence-corrected chi connectivity index (χ1v) is 15.0. The molecule has 6 aromatic rings. The summed E-state index contributed by atoms with van der Waals surface area (Å²) in [5.74, 6) is 2.53. The molecule has 1 aliphatic rings. The number of hydrogen-bond donors (Lipinski definition) is 0. The summed E-state index contributed by atoms with van der Waals surface area (Å²) in [5.41, 5.74) is 4.53. The van der Waals surface area contributed by atoms with E-state index in [-0.39, 0.29) is 12.0 Å². The van der Waals surface area contributed by atoms with Crippen molar-refractivity contribution in [3.63, 3.8) is 0 Å². The van der Waals surface area contributed by atoms with Crippen LogP contribution >= 0.6 is 31.9 Å². The van der Waals surface area contributed by atoms with E-state index in [0.717, 1.165) is 50.4 Å². The van der Waals surface area contributed by atoms with E-state index >= 15 is 0 Å². The van der Waals surface area contributed by atoms with Crippen LogP contribution in [0.3, 0.4) is 0 Å². The van der Waals surface area contributed by atoms with Crippen LogP contribution in [0.5, 0.6) is 0 Å². The van der Waals surface area contributed by atoms with Gasteiger partial charge in [0.15, 0.2) is 11.6 Å². The standard InChI is InChI=1S/C33H26Br2N4/c34-23-15-17-29-26(19-23)27-20-24(35)16-18-30(27)39(29)28-14-8-7-13-25(28)33-37-31(21-9-3-1-4-10-21)36-32(38-33)22-11-5-2-6-12-22/h1-6,9-12,15-20,25,28H,7-8,13-14H2. The van der Waals surface area contributed by atoms with Crippen molar-refractivity contribution in [2.24, 2.45) is 0 Å². The van der Waals surface area contributed by atoms with Gasteiger partial charge in [-0.05, 0) is 49.2 Å². The zero-order chi connectivity index (χ0) is 26.3. The summed E-state index contributed by atoms with van der Waals surface area (Å²) >= 11 is 7.41. The molecule has 6 heteroatoms. The van der Waals surface area contributed by atoms with Crippen molar-refractivity contribution < 1.29 is 0 Å². The van der Waals surface area contributed by atoms with Gasteiger partial charge in [0.25, 0.3) is 0 Å². The van der Waals surface area contributed by atoms with E-state index in [0.29, 0.717) is 0 Å². The molecule has 7 rings (SSSR count). The smallest absolute Gasteiger partial charge is 0.163 e. The quantitative estimate of drug-likeness (QED) is 0.193. The molecular weight excluding hydrogens is 612 g/mol. The van der Waals surface area contributed by atoms with E-state index in [2.05, 4.69) is 97.1 Å².